The van der Waals surface area contributed by atoms with Crippen molar-refractivity contribution in [3.63, 3.8) is 0 Å². The summed E-state index contributed by atoms with van der Waals surface area (Å²) < 4.78 is 5.66. The number of halogens is 1. The van der Waals surface area contributed by atoms with Gasteiger partial charge in [-0.25, -0.2) is 4.98 Å². The molecule has 0 bridgehead atoms. The SMILES string of the molecule is CC1CCCCC1Oc1nc(Cl)ncc1[N+](=O)[O-]. The number of nitrogens with zero attached hydrogens (tertiary/aromatic N) is 3. The first-order valence-electron chi connectivity index (χ1n) is 5.91. The van der Waals surface area contributed by atoms with Crippen LogP contribution in [0, 0.1) is 16.0 Å². The maximum Gasteiger partial charge on any atom is 0.349 e. The van der Waals surface area contributed by atoms with Gasteiger partial charge in [0.1, 0.15) is 12.3 Å². The van der Waals surface area contributed by atoms with Gasteiger partial charge in [-0.3, -0.25) is 10.1 Å². The molecule has 1 aliphatic carbocycles. The number of hydrogen-bond donors (Lipinski definition) is 0. The molecule has 0 N–H and O–H groups in total. The minimum absolute atomic E-state index is 0.0289. The van der Waals surface area contributed by atoms with Crippen LogP contribution in [0.3, 0.4) is 0 Å². The van der Waals surface area contributed by atoms with E-state index in [-0.39, 0.29) is 23.0 Å². The zero-order valence-corrected chi connectivity index (χ0v) is 10.8. The van der Waals surface area contributed by atoms with Gasteiger partial charge in [-0.2, -0.15) is 4.98 Å². The second-order valence-electron chi connectivity index (χ2n) is 4.50. The van der Waals surface area contributed by atoms with E-state index in [4.69, 9.17) is 16.3 Å². The molecule has 2 atom stereocenters. The van der Waals surface area contributed by atoms with Crippen LogP contribution in [-0.2, 0) is 0 Å². The van der Waals surface area contributed by atoms with Crippen molar-refractivity contribution in [3.05, 3.63) is 21.6 Å². The fraction of sp³-hybridized carbons (Fsp3) is 0.636. The van der Waals surface area contributed by atoms with Gasteiger partial charge in [0.25, 0.3) is 5.88 Å². The zero-order chi connectivity index (χ0) is 13.1. The molecule has 0 amide bonds. The smallest absolute Gasteiger partial charge is 0.349 e. The Kier molecular flexibility index (Phi) is 3.96. The Bertz CT molecular complexity index is 455. The Labute approximate surface area is 109 Å². The minimum atomic E-state index is -0.556. The summed E-state index contributed by atoms with van der Waals surface area (Å²) in [6.45, 7) is 2.08. The van der Waals surface area contributed by atoms with Gasteiger partial charge in [0.05, 0.1) is 4.92 Å². The molecule has 1 saturated carbocycles. The first kappa shape index (κ1) is 13.0. The fourth-order valence-electron chi connectivity index (χ4n) is 2.15. The first-order valence-corrected chi connectivity index (χ1v) is 6.29. The van der Waals surface area contributed by atoms with Crippen LogP contribution in [0.1, 0.15) is 32.6 Å². The summed E-state index contributed by atoms with van der Waals surface area (Å²) in [6, 6.07) is 0. The molecule has 1 aromatic rings. The Morgan fingerprint density at radius 2 is 2.22 bits per heavy atom. The summed E-state index contributed by atoms with van der Waals surface area (Å²) in [4.78, 5) is 17.7. The van der Waals surface area contributed by atoms with E-state index in [2.05, 4.69) is 16.9 Å². The van der Waals surface area contributed by atoms with Crippen molar-refractivity contribution in [1.29, 1.82) is 0 Å². The van der Waals surface area contributed by atoms with Crippen molar-refractivity contribution in [2.75, 3.05) is 0 Å². The maximum absolute atomic E-state index is 10.9. The van der Waals surface area contributed by atoms with Gasteiger partial charge in [0, 0.05) is 0 Å². The molecular weight excluding hydrogens is 258 g/mol. The monoisotopic (exact) mass is 271 g/mol. The molecule has 0 aliphatic heterocycles. The molecule has 1 heterocycles. The number of nitro groups is 1. The highest BCUT2D eigenvalue weighted by atomic mass is 35.5. The molecule has 1 aromatic heterocycles. The molecule has 2 rings (SSSR count). The van der Waals surface area contributed by atoms with Crippen molar-refractivity contribution in [1.82, 2.24) is 9.97 Å². The fourth-order valence-corrected chi connectivity index (χ4v) is 2.28. The predicted molar refractivity (Wildman–Crippen MR) is 65.7 cm³/mol. The van der Waals surface area contributed by atoms with Gasteiger partial charge in [0.2, 0.25) is 5.28 Å². The van der Waals surface area contributed by atoms with Gasteiger partial charge >= 0.3 is 5.69 Å². The van der Waals surface area contributed by atoms with Crippen LogP contribution < -0.4 is 4.74 Å². The second kappa shape index (κ2) is 5.48. The lowest BCUT2D eigenvalue weighted by molar-refractivity contribution is -0.386. The van der Waals surface area contributed by atoms with E-state index in [1.807, 2.05) is 0 Å². The molecule has 1 fully saturated rings. The Morgan fingerprint density at radius 3 is 2.89 bits per heavy atom. The van der Waals surface area contributed by atoms with Gasteiger partial charge in [-0.1, -0.05) is 13.3 Å². The van der Waals surface area contributed by atoms with E-state index in [1.54, 1.807) is 0 Å². The first-order chi connectivity index (χ1) is 8.58. The van der Waals surface area contributed by atoms with Gasteiger partial charge in [0.15, 0.2) is 0 Å². The molecule has 98 valence electrons. The largest absolute Gasteiger partial charge is 0.469 e. The molecule has 0 aromatic carbocycles. The quantitative estimate of drug-likeness (QED) is 0.480. The highest BCUT2D eigenvalue weighted by Gasteiger charge is 2.27. The van der Waals surface area contributed by atoms with Crippen molar-refractivity contribution in [2.45, 2.75) is 38.7 Å². The Morgan fingerprint density at radius 1 is 1.50 bits per heavy atom. The molecule has 6 nitrogen and oxygen atoms in total. The average Bonchev–Trinajstić information content (AvgIpc) is 2.32. The van der Waals surface area contributed by atoms with E-state index in [0.29, 0.717) is 5.92 Å². The average molecular weight is 272 g/mol. The number of hydrogen-bond acceptors (Lipinski definition) is 5. The molecule has 0 radical (unpaired) electrons. The summed E-state index contributed by atoms with van der Waals surface area (Å²) >= 11 is 5.65. The summed E-state index contributed by atoms with van der Waals surface area (Å²) in [5, 5.41) is 10.8. The van der Waals surface area contributed by atoms with E-state index in [0.717, 1.165) is 25.5 Å². The molecule has 2 unspecified atom stereocenters. The maximum atomic E-state index is 10.9. The Hall–Kier alpha value is -1.43. The van der Waals surface area contributed by atoms with Crippen LogP contribution in [0.15, 0.2) is 6.20 Å². The summed E-state index contributed by atoms with van der Waals surface area (Å²) in [5.74, 6) is 0.339. The van der Waals surface area contributed by atoms with Crippen LogP contribution in [0.5, 0.6) is 5.88 Å². The third-order valence-electron chi connectivity index (χ3n) is 3.20. The van der Waals surface area contributed by atoms with Crippen LogP contribution in [0.4, 0.5) is 5.69 Å². The summed E-state index contributed by atoms with van der Waals surface area (Å²) in [7, 11) is 0. The normalized spacial score (nSPS) is 23.7. The van der Waals surface area contributed by atoms with Crippen molar-refractivity contribution in [3.8, 4) is 5.88 Å². The second-order valence-corrected chi connectivity index (χ2v) is 4.84. The topological polar surface area (TPSA) is 78.2 Å². The Balaban J connectivity index is 2.21. The van der Waals surface area contributed by atoms with Crippen LogP contribution >= 0.6 is 11.6 Å². The zero-order valence-electron chi connectivity index (χ0n) is 10.0. The number of rotatable bonds is 3. The molecule has 0 spiro atoms. The third kappa shape index (κ3) is 2.87. The van der Waals surface area contributed by atoms with Crippen LogP contribution in [-0.4, -0.2) is 21.0 Å². The van der Waals surface area contributed by atoms with Crippen LogP contribution in [0.25, 0.3) is 0 Å². The number of ether oxygens (including phenoxy) is 1. The van der Waals surface area contributed by atoms with Gasteiger partial charge in [-0.05, 0) is 36.8 Å². The molecule has 18 heavy (non-hydrogen) atoms. The number of aromatic nitrogens is 2. The molecular formula is C11H14ClN3O3. The molecule has 7 heteroatoms. The van der Waals surface area contributed by atoms with Gasteiger partial charge in [-0.15, -0.1) is 0 Å². The third-order valence-corrected chi connectivity index (χ3v) is 3.38. The lowest BCUT2D eigenvalue weighted by atomic mass is 9.88. The van der Waals surface area contributed by atoms with E-state index in [9.17, 15) is 10.1 Å². The molecule has 1 aliphatic rings. The van der Waals surface area contributed by atoms with Gasteiger partial charge < -0.3 is 4.74 Å². The van der Waals surface area contributed by atoms with Crippen LogP contribution in [0.2, 0.25) is 5.28 Å². The van der Waals surface area contributed by atoms with E-state index >= 15 is 0 Å². The predicted octanol–water partition coefficient (Wildman–Crippen LogP) is 3.00. The standard InChI is InChI=1S/C11H14ClN3O3/c1-7-4-2-3-5-9(7)18-10-8(15(16)17)6-13-11(12)14-10/h6-7,9H,2-5H2,1H3. The van der Waals surface area contributed by atoms with Crippen molar-refractivity contribution >= 4 is 17.3 Å². The van der Waals surface area contributed by atoms with E-state index < -0.39 is 4.92 Å². The summed E-state index contributed by atoms with van der Waals surface area (Å²) in [5.41, 5.74) is -0.239. The minimum Gasteiger partial charge on any atom is -0.469 e. The lowest BCUT2D eigenvalue weighted by Gasteiger charge is -2.28. The molecule has 0 saturated heterocycles. The summed E-state index contributed by atoms with van der Waals surface area (Å²) in [6.07, 6.45) is 5.24. The van der Waals surface area contributed by atoms with Crippen molar-refractivity contribution < 1.29 is 9.66 Å². The van der Waals surface area contributed by atoms with E-state index in [1.165, 1.54) is 6.42 Å². The van der Waals surface area contributed by atoms with Crippen molar-refractivity contribution in [2.24, 2.45) is 5.92 Å². The lowest BCUT2D eigenvalue weighted by Crippen LogP contribution is -2.28. The highest BCUT2D eigenvalue weighted by Crippen LogP contribution is 2.31. The highest BCUT2D eigenvalue weighted by molar-refractivity contribution is 6.28.